The van der Waals surface area contributed by atoms with Gasteiger partial charge in [0.25, 0.3) is 0 Å². The number of aliphatic hydroxyl groups is 4. The van der Waals surface area contributed by atoms with Gasteiger partial charge in [0.2, 0.25) is 0 Å². The van der Waals surface area contributed by atoms with Gasteiger partial charge in [-0.3, -0.25) is 9.59 Å². The van der Waals surface area contributed by atoms with Crippen LogP contribution in [0.2, 0.25) is 0 Å². The molecule has 0 aromatic carbocycles. The van der Waals surface area contributed by atoms with Gasteiger partial charge >= 0.3 is 11.9 Å². The molecule has 1 fully saturated rings. The van der Waals surface area contributed by atoms with Crippen LogP contribution < -0.4 is 0 Å². The van der Waals surface area contributed by atoms with Crippen LogP contribution in [0.1, 0.15) is 168 Å². The van der Waals surface area contributed by atoms with Crippen molar-refractivity contribution >= 4 is 11.9 Å². The van der Waals surface area contributed by atoms with Crippen LogP contribution in [0.3, 0.4) is 0 Å². The highest BCUT2D eigenvalue weighted by Gasteiger charge is 2.44. The van der Waals surface area contributed by atoms with Crippen molar-refractivity contribution in [3.8, 4) is 0 Å². The van der Waals surface area contributed by atoms with E-state index in [4.69, 9.17) is 18.9 Å². The van der Waals surface area contributed by atoms with Crippen molar-refractivity contribution in [2.24, 2.45) is 0 Å². The summed E-state index contributed by atoms with van der Waals surface area (Å²) < 4.78 is 22.1. The molecule has 10 heteroatoms. The molecule has 0 radical (unpaired) electrons. The van der Waals surface area contributed by atoms with Gasteiger partial charge < -0.3 is 39.4 Å². The first-order valence-electron chi connectivity index (χ1n) is 21.1. The Morgan fingerprint density at radius 2 is 1.08 bits per heavy atom. The smallest absolute Gasteiger partial charge is 0.306 e. The maximum absolute atomic E-state index is 12.7. The molecular formula is C43H76O10. The molecule has 1 saturated heterocycles. The molecule has 2 unspecified atom stereocenters. The van der Waals surface area contributed by atoms with Gasteiger partial charge in [-0.15, -0.1) is 0 Å². The fourth-order valence-electron chi connectivity index (χ4n) is 6.08. The van der Waals surface area contributed by atoms with Crippen molar-refractivity contribution in [1.82, 2.24) is 0 Å². The van der Waals surface area contributed by atoms with E-state index in [1.807, 2.05) is 0 Å². The monoisotopic (exact) mass is 753 g/mol. The zero-order valence-electron chi connectivity index (χ0n) is 33.3. The van der Waals surface area contributed by atoms with Crippen LogP contribution in [0.4, 0.5) is 0 Å². The normalized spacial score (nSPS) is 21.2. The number of ether oxygens (including phenoxy) is 4. The van der Waals surface area contributed by atoms with E-state index >= 15 is 0 Å². The van der Waals surface area contributed by atoms with Gasteiger partial charge in [0, 0.05) is 12.8 Å². The van der Waals surface area contributed by atoms with Crippen molar-refractivity contribution in [3.05, 3.63) is 36.5 Å². The number of hydrogen-bond acceptors (Lipinski definition) is 10. The highest BCUT2D eigenvalue weighted by Crippen LogP contribution is 2.22. The quantitative estimate of drug-likeness (QED) is 0.0287. The van der Waals surface area contributed by atoms with E-state index < -0.39 is 55.4 Å². The third-order valence-corrected chi connectivity index (χ3v) is 9.50. The summed E-state index contributed by atoms with van der Waals surface area (Å²) in [6, 6.07) is 0. The number of aliphatic hydroxyl groups excluding tert-OH is 4. The van der Waals surface area contributed by atoms with Crippen LogP contribution in [0.5, 0.6) is 0 Å². The number of hydrogen-bond donors (Lipinski definition) is 4. The predicted octanol–water partition coefficient (Wildman–Crippen LogP) is 8.33. The van der Waals surface area contributed by atoms with E-state index in [1.54, 1.807) is 0 Å². The maximum atomic E-state index is 12.7. The molecule has 0 aromatic rings. The third-order valence-electron chi connectivity index (χ3n) is 9.50. The Morgan fingerprint density at radius 1 is 0.585 bits per heavy atom. The number of carbonyl (C=O) groups is 2. The van der Waals surface area contributed by atoms with Crippen LogP contribution in [-0.2, 0) is 28.5 Å². The second-order valence-corrected chi connectivity index (χ2v) is 14.4. The molecule has 0 amide bonds. The molecule has 1 heterocycles. The number of allylic oxidation sites excluding steroid dienone is 6. The standard InChI is InChI=1S/C43H76O10/c1-3-5-7-9-11-13-15-17-19-21-23-25-27-29-31-38(45)50-34-36(35-51-43-42(49)41(48)40(47)37(33-44)53-43)52-39(46)32-30-28-26-24-22-20-18-16-14-12-10-8-6-4-2/h9,11,15-18,36-37,40-44,47-49H,3-8,10,12-14,19-35H2,1-2H3/b11-9+,17-15+,18-16+/t36-,37-,40+,41?,42?,43-/m0/s1. The molecule has 6 atom stereocenters. The topological polar surface area (TPSA) is 152 Å². The van der Waals surface area contributed by atoms with Crippen molar-refractivity contribution in [2.45, 2.75) is 205 Å². The van der Waals surface area contributed by atoms with Gasteiger partial charge in [-0.2, -0.15) is 0 Å². The van der Waals surface area contributed by atoms with Gasteiger partial charge in [0.1, 0.15) is 31.0 Å². The Hall–Kier alpha value is -2.08. The van der Waals surface area contributed by atoms with Gasteiger partial charge in [-0.1, -0.05) is 127 Å². The minimum atomic E-state index is -1.60. The predicted molar refractivity (Wildman–Crippen MR) is 210 cm³/mol. The number of esters is 2. The SMILES string of the molecule is CCCC/C=C/C/C=C/CCCCCCCC(=O)OC[C@@H](CO[C@H]1O[C@@H](CO)[C@@H](O)C(O)C1O)OC(=O)CCCCCCC/C=C/CCCCCCC. The fourth-order valence-corrected chi connectivity index (χ4v) is 6.08. The van der Waals surface area contributed by atoms with Crippen LogP contribution >= 0.6 is 0 Å². The molecule has 0 bridgehead atoms. The van der Waals surface area contributed by atoms with Crippen LogP contribution in [0.25, 0.3) is 0 Å². The Balaban J connectivity index is 2.38. The maximum Gasteiger partial charge on any atom is 0.306 e. The van der Waals surface area contributed by atoms with E-state index in [0.29, 0.717) is 12.8 Å². The van der Waals surface area contributed by atoms with Crippen molar-refractivity contribution < 1.29 is 49.0 Å². The van der Waals surface area contributed by atoms with Crippen molar-refractivity contribution in [3.63, 3.8) is 0 Å². The number of rotatable bonds is 34. The van der Waals surface area contributed by atoms with Crippen LogP contribution in [0, 0.1) is 0 Å². The summed E-state index contributed by atoms with van der Waals surface area (Å²) >= 11 is 0. The summed E-state index contributed by atoms with van der Waals surface area (Å²) in [6.07, 6.45) is 30.0. The molecule has 53 heavy (non-hydrogen) atoms. The lowest BCUT2D eigenvalue weighted by molar-refractivity contribution is -0.305. The van der Waals surface area contributed by atoms with Gasteiger partial charge in [0.05, 0.1) is 13.2 Å². The second-order valence-electron chi connectivity index (χ2n) is 14.4. The first kappa shape index (κ1) is 48.9. The minimum absolute atomic E-state index is 0.217. The zero-order chi connectivity index (χ0) is 38.8. The lowest BCUT2D eigenvalue weighted by Gasteiger charge is -2.39. The summed E-state index contributed by atoms with van der Waals surface area (Å²) in [5.41, 5.74) is 0. The van der Waals surface area contributed by atoms with E-state index in [2.05, 4.69) is 50.3 Å². The van der Waals surface area contributed by atoms with Crippen molar-refractivity contribution in [1.29, 1.82) is 0 Å². The second kappa shape index (κ2) is 34.4. The largest absolute Gasteiger partial charge is 0.462 e. The van der Waals surface area contributed by atoms with E-state index in [0.717, 1.165) is 83.5 Å². The summed E-state index contributed by atoms with van der Waals surface area (Å²) in [5.74, 6) is -0.834. The molecule has 0 saturated carbocycles. The molecule has 4 N–H and O–H groups in total. The molecule has 10 nitrogen and oxygen atoms in total. The summed E-state index contributed by atoms with van der Waals surface area (Å²) in [7, 11) is 0. The molecule has 1 aliphatic rings. The molecular weight excluding hydrogens is 676 g/mol. The molecule has 308 valence electrons. The number of carbonyl (C=O) groups excluding carboxylic acids is 2. The zero-order valence-corrected chi connectivity index (χ0v) is 33.3. The highest BCUT2D eigenvalue weighted by atomic mass is 16.7. The first-order valence-corrected chi connectivity index (χ1v) is 21.1. The van der Waals surface area contributed by atoms with Crippen molar-refractivity contribution in [2.75, 3.05) is 19.8 Å². The summed E-state index contributed by atoms with van der Waals surface area (Å²) in [5, 5.41) is 40.0. The summed E-state index contributed by atoms with van der Waals surface area (Å²) in [4.78, 5) is 25.2. The molecule has 0 spiro atoms. The summed E-state index contributed by atoms with van der Waals surface area (Å²) in [6.45, 7) is 3.34. The Bertz CT molecular complexity index is 965. The number of unbranched alkanes of at least 4 members (excludes halogenated alkanes) is 17. The van der Waals surface area contributed by atoms with E-state index in [1.165, 1.54) is 44.9 Å². The average Bonchev–Trinajstić information content (AvgIpc) is 3.15. The molecule has 1 rings (SSSR count). The van der Waals surface area contributed by atoms with E-state index in [9.17, 15) is 30.0 Å². The van der Waals surface area contributed by atoms with Gasteiger partial charge in [-0.05, 0) is 64.2 Å². The van der Waals surface area contributed by atoms with Gasteiger partial charge in [0.15, 0.2) is 12.4 Å². The highest BCUT2D eigenvalue weighted by molar-refractivity contribution is 5.70. The first-order chi connectivity index (χ1) is 25.8. The molecule has 0 aliphatic carbocycles. The Morgan fingerprint density at radius 3 is 1.64 bits per heavy atom. The average molecular weight is 753 g/mol. The van der Waals surface area contributed by atoms with Crippen LogP contribution in [-0.4, -0.2) is 89.0 Å². The van der Waals surface area contributed by atoms with E-state index in [-0.39, 0.29) is 26.1 Å². The fraction of sp³-hybridized carbons (Fsp3) is 0.814. The Kier molecular flexibility index (Phi) is 31.8. The lowest BCUT2D eigenvalue weighted by atomic mass is 9.99. The van der Waals surface area contributed by atoms with Gasteiger partial charge in [-0.25, -0.2) is 0 Å². The van der Waals surface area contributed by atoms with Crippen LogP contribution in [0.15, 0.2) is 36.5 Å². The third kappa shape index (κ3) is 26.4. The molecule has 1 aliphatic heterocycles. The lowest BCUT2D eigenvalue weighted by Crippen LogP contribution is -2.59. The Labute approximate surface area is 321 Å². The molecule has 0 aromatic heterocycles. The minimum Gasteiger partial charge on any atom is -0.462 e.